The van der Waals surface area contributed by atoms with Crippen LogP contribution in [0.25, 0.3) is 5.82 Å². The smallest absolute Gasteiger partial charge is 0.255 e. The number of nitrogens with zero attached hydrogens (tertiary/aromatic N) is 5. The first kappa shape index (κ1) is 32.2. The zero-order chi connectivity index (χ0) is 35.1. The fourth-order valence-electron chi connectivity index (χ4n) is 6.93. The van der Waals surface area contributed by atoms with Crippen LogP contribution in [0.1, 0.15) is 66.6 Å². The van der Waals surface area contributed by atoms with E-state index in [1.165, 1.54) is 10.4 Å². The van der Waals surface area contributed by atoms with Crippen molar-refractivity contribution >= 4 is 23.4 Å². The van der Waals surface area contributed by atoms with E-state index in [1.807, 2.05) is 54.6 Å². The van der Waals surface area contributed by atoms with Crippen molar-refractivity contribution in [3.05, 3.63) is 120 Å². The first-order chi connectivity index (χ1) is 24.7. The molecule has 8 rings (SSSR count). The van der Waals surface area contributed by atoms with Gasteiger partial charge >= 0.3 is 0 Å². The summed E-state index contributed by atoms with van der Waals surface area (Å²) in [4.78, 5) is 44.5. The van der Waals surface area contributed by atoms with E-state index in [4.69, 9.17) is 9.47 Å². The maximum atomic E-state index is 13.2. The average Bonchev–Trinajstić information content (AvgIpc) is 3.77. The van der Waals surface area contributed by atoms with Crippen LogP contribution in [0.2, 0.25) is 0 Å². The zero-order valence-corrected chi connectivity index (χ0v) is 28.3. The van der Waals surface area contributed by atoms with E-state index in [0.29, 0.717) is 30.1 Å². The van der Waals surface area contributed by atoms with E-state index in [1.54, 1.807) is 23.5 Å². The summed E-state index contributed by atoms with van der Waals surface area (Å²) in [6.07, 6.45) is 7.24. The van der Waals surface area contributed by atoms with Crippen molar-refractivity contribution in [2.75, 3.05) is 5.32 Å². The van der Waals surface area contributed by atoms with Crippen molar-refractivity contribution in [1.82, 2.24) is 30.2 Å². The number of aromatic nitrogens is 4. The number of imide groups is 1. The van der Waals surface area contributed by atoms with Crippen LogP contribution < -0.4 is 20.1 Å². The Hall–Kier alpha value is -6.04. The van der Waals surface area contributed by atoms with Crippen molar-refractivity contribution in [3.63, 3.8) is 0 Å². The molecular formula is C39H37N7O5. The van der Waals surface area contributed by atoms with Crippen LogP contribution in [0.5, 0.6) is 17.2 Å². The number of benzene rings is 3. The summed E-state index contributed by atoms with van der Waals surface area (Å²) in [7, 11) is 0. The molecular weight excluding hydrogens is 646 g/mol. The minimum absolute atomic E-state index is 0.0987. The normalized spacial score (nSPS) is 20.0. The lowest BCUT2D eigenvalue weighted by molar-refractivity contribution is -0.136. The number of amides is 3. The van der Waals surface area contributed by atoms with E-state index in [2.05, 4.69) is 63.9 Å². The molecule has 0 radical (unpaired) electrons. The second kappa shape index (κ2) is 13.0. The largest absolute Gasteiger partial charge is 0.490 e. The van der Waals surface area contributed by atoms with Crippen LogP contribution in [-0.4, -0.2) is 60.8 Å². The molecule has 4 heterocycles. The molecule has 0 bridgehead atoms. The van der Waals surface area contributed by atoms with Crippen molar-refractivity contribution in [2.45, 2.75) is 69.7 Å². The van der Waals surface area contributed by atoms with Gasteiger partial charge in [0, 0.05) is 48.5 Å². The molecule has 2 fully saturated rings. The predicted molar refractivity (Wildman–Crippen MR) is 188 cm³/mol. The highest BCUT2D eigenvalue weighted by molar-refractivity contribution is 6.05. The minimum atomic E-state index is -0.614. The molecule has 1 unspecified atom stereocenters. The third kappa shape index (κ3) is 6.52. The zero-order valence-electron chi connectivity index (χ0n) is 28.3. The predicted octanol–water partition coefficient (Wildman–Crippen LogP) is 5.56. The first-order valence-electron chi connectivity index (χ1n) is 17.1. The van der Waals surface area contributed by atoms with Gasteiger partial charge in [0.2, 0.25) is 11.8 Å². The number of piperidine rings is 1. The molecule has 12 nitrogen and oxygen atoms in total. The number of rotatable bonds is 10. The van der Waals surface area contributed by atoms with Gasteiger partial charge in [0.15, 0.2) is 5.82 Å². The van der Waals surface area contributed by atoms with Gasteiger partial charge in [-0.3, -0.25) is 19.7 Å². The Balaban J connectivity index is 0.822. The third-order valence-corrected chi connectivity index (χ3v) is 10.0. The minimum Gasteiger partial charge on any atom is -0.490 e. The van der Waals surface area contributed by atoms with Gasteiger partial charge in [0.1, 0.15) is 29.4 Å². The molecule has 3 aromatic carbocycles. The average molecular weight is 684 g/mol. The number of nitrogens with one attached hydrogen (secondary N) is 2. The van der Waals surface area contributed by atoms with Crippen molar-refractivity contribution in [2.24, 2.45) is 0 Å². The standard InChI is InChI=1S/C39H37N7O5/c1-39(2,25-4-9-29(10-5-25)50-31-13-15-35(40-22-31)46-41-17-18-42-46)26-6-11-30(12-7-26)51-32-19-28(20-32)43-27-8-3-24-23-45(38(49)33(24)21-27)34-14-16-36(47)44-37(34)48/h3-13,15,17-18,21-22,28,32,34,43H,14,16,19-20,23H2,1-2H3,(H,44,47,48)/t28-,32-,34?. The van der Waals surface area contributed by atoms with Gasteiger partial charge in [0.05, 0.1) is 18.6 Å². The molecule has 2 N–H and O–H groups in total. The Labute approximate surface area is 294 Å². The van der Waals surface area contributed by atoms with Gasteiger partial charge < -0.3 is 19.7 Å². The second-order valence-corrected chi connectivity index (χ2v) is 13.8. The summed E-state index contributed by atoms with van der Waals surface area (Å²) >= 11 is 0. The van der Waals surface area contributed by atoms with Gasteiger partial charge in [-0.1, -0.05) is 44.2 Å². The number of anilines is 1. The summed E-state index contributed by atoms with van der Waals surface area (Å²) in [6.45, 7) is 4.77. The number of fused-ring (bicyclic) bond motifs is 1. The van der Waals surface area contributed by atoms with Crippen LogP contribution in [0.3, 0.4) is 0 Å². The fourth-order valence-corrected chi connectivity index (χ4v) is 6.93. The molecule has 0 spiro atoms. The molecule has 2 aliphatic heterocycles. The lowest BCUT2D eigenvalue weighted by Gasteiger charge is -2.36. The molecule has 1 saturated heterocycles. The SMILES string of the molecule is CC(C)(c1ccc(Oc2ccc(-n3nccn3)nc2)cc1)c1ccc(O[C@H]2C[C@H](Nc3ccc4c(c3)C(=O)N(C3CCC(=O)NC3=O)C4)C2)cc1. The Morgan fingerprint density at radius 3 is 2.20 bits per heavy atom. The number of hydrogen-bond acceptors (Lipinski definition) is 9. The van der Waals surface area contributed by atoms with Crippen molar-refractivity contribution < 1.29 is 23.9 Å². The van der Waals surface area contributed by atoms with Crippen molar-refractivity contribution in [3.8, 4) is 23.1 Å². The van der Waals surface area contributed by atoms with E-state index in [0.717, 1.165) is 41.2 Å². The van der Waals surface area contributed by atoms with Gasteiger partial charge in [-0.15, -0.1) is 4.80 Å². The number of pyridine rings is 1. The Bertz CT molecular complexity index is 2070. The Morgan fingerprint density at radius 1 is 0.843 bits per heavy atom. The van der Waals surface area contributed by atoms with Crippen LogP contribution in [-0.2, 0) is 21.5 Å². The summed E-state index contributed by atoms with van der Waals surface area (Å²) in [5.41, 5.74) is 4.46. The van der Waals surface area contributed by atoms with E-state index in [-0.39, 0.29) is 35.8 Å². The number of hydrogen-bond donors (Lipinski definition) is 2. The van der Waals surface area contributed by atoms with Crippen LogP contribution in [0, 0.1) is 0 Å². The topological polar surface area (TPSA) is 141 Å². The Morgan fingerprint density at radius 2 is 1.53 bits per heavy atom. The Kier molecular flexibility index (Phi) is 8.21. The molecule has 51 heavy (non-hydrogen) atoms. The molecule has 3 aliphatic rings. The number of carbonyl (C=O) groups is 3. The summed E-state index contributed by atoms with van der Waals surface area (Å²) in [5.74, 6) is 1.94. The highest BCUT2D eigenvalue weighted by Gasteiger charge is 2.39. The quantitative estimate of drug-likeness (QED) is 0.181. The van der Waals surface area contributed by atoms with Gasteiger partial charge in [-0.25, -0.2) is 4.98 Å². The van der Waals surface area contributed by atoms with Gasteiger partial charge in [-0.2, -0.15) is 10.2 Å². The number of carbonyl (C=O) groups excluding carboxylic acids is 3. The van der Waals surface area contributed by atoms with E-state index < -0.39 is 11.9 Å². The highest BCUT2D eigenvalue weighted by atomic mass is 16.5. The monoisotopic (exact) mass is 683 g/mol. The lowest BCUT2D eigenvalue weighted by Crippen LogP contribution is -2.52. The molecule has 1 aliphatic carbocycles. The maximum Gasteiger partial charge on any atom is 0.255 e. The highest BCUT2D eigenvalue weighted by Crippen LogP contribution is 2.36. The molecule has 2 aromatic heterocycles. The van der Waals surface area contributed by atoms with Crippen molar-refractivity contribution in [1.29, 1.82) is 0 Å². The summed E-state index contributed by atoms with van der Waals surface area (Å²) in [6, 6.07) is 25.5. The second-order valence-electron chi connectivity index (χ2n) is 13.8. The molecule has 12 heteroatoms. The van der Waals surface area contributed by atoms with Crippen LogP contribution in [0.15, 0.2) is 97.5 Å². The van der Waals surface area contributed by atoms with Crippen LogP contribution >= 0.6 is 0 Å². The van der Waals surface area contributed by atoms with E-state index in [9.17, 15) is 14.4 Å². The third-order valence-electron chi connectivity index (χ3n) is 10.0. The number of ether oxygens (including phenoxy) is 2. The summed E-state index contributed by atoms with van der Waals surface area (Å²) < 4.78 is 12.3. The molecule has 3 amide bonds. The van der Waals surface area contributed by atoms with Gasteiger partial charge in [0.25, 0.3) is 5.91 Å². The molecule has 258 valence electrons. The van der Waals surface area contributed by atoms with Gasteiger partial charge in [-0.05, 0) is 71.6 Å². The van der Waals surface area contributed by atoms with Crippen LogP contribution in [0.4, 0.5) is 5.69 Å². The molecule has 1 atom stereocenters. The lowest BCUT2D eigenvalue weighted by atomic mass is 9.78. The maximum absolute atomic E-state index is 13.2. The molecule has 1 saturated carbocycles. The summed E-state index contributed by atoms with van der Waals surface area (Å²) in [5, 5.41) is 14.1. The molecule has 5 aromatic rings. The van der Waals surface area contributed by atoms with E-state index >= 15 is 0 Å². The fraction of sp³-hybridized carbons (Fsp3) is 0.282. The first-order valence-corrected chi connectivity index (χ1v) is 17.1.